The third-order valence-corrected chi connectivity index (χ3v) is 4.14. The molecule has 0 fully saturated rings. The number of hydrogen-bond acceptors (Lipinski definition) is 5. The Kier molecular flexibility index (Phi) is 4.94. The molecule has 0 aliphatic carbocycles. The van der Waals surface area contributed by atoms with E-state index in [0.717, 1.165) is 8.95 Å². The van der Waals surface area contributed by atoms with Crippen LogP contribution in [-0.2, 0) is 11.8 Å². The zero-order valence-electron chi connectivity index (χ0n) is 9.80. The number of aromatic nitrogens is 4. The summed E-state index contributed by atoms with van der Waals surface area (Å²) in [5, 5.41) is 11.0. The van der Waals surface area contributed by atoms with Crippen LogP contribution in [0.3, 0.4) is 0 Å². The van der Waals surface area contributed by atoms with Crippen molar-refractivity contribution in [3.05, 3.63) is 27.5 Å². The monoisotopic (exact) mass is 405 g/mol. The molecule has 0 saturated carbocycles. The van der Waals surface area contributed by atoms with Gasteiger partial charge in [-0.05, 0) is 37.9 Å². The second-order valence-electron chi connectivity index (χ2n) is 3.55. The van der Waals surface area contributed by atoms with Crippen LogP contribution in [0.15, 0.2) is 32.7 Å². The molecule has 0 radical (unpaired) electrons. The summed E-state index contributed by atoms with van der Waals surface area (Å²) in [5.41, 5.74) is 0. The summed E-state index contributed by atoms with van der Waals surface area (Å²) in [4.78, 5) is 15.9. The predicted octanol–water partition coefficient (Wildman–Crippen LogP) is 2.47. The maximum Gasteiger partial charge on any atom is 0.236 e. The van der Waals surface area contributed by atoms with E-state index in [1.807, 2.05) is 13.1 Å². The minimum atomic E-state index is -0.150. The molecule has 0 atom stereocenters. The van der Waals surface area contributed by atoms with Gasteiger partial charge in [-0.2, -0.15) is 0 Å². The fourth-order valence-electron chi connectivity index (χ4n) is 1.21. The zero-order chi connectivity index (χ0) is 13.8. The highest BCUT2D eigenvalue weighted by molar-refractivity contribution is 9.11. The summed E-state index contributed by atoms with van der Waals surface area (Å²) < 4.78 is 3.32. The molecule has 0 saturated heterocycles. The fourth-order valence-corrected chi connectivity index (χ4v) is 2.98. The molecule has 1 N–H and O–H groups in total. The van der Waals surface area contributed by atoms with Gasteiger partial charge in [0.1, 0.15) is 12.1 Å². The Balaban J connectivity index is 1.93. The van der Waals surface area contributed by atoms with Crippen molar-refractivity contribution in [2.24, 2.45) is 7.05 Å². The molecule has 0 aromatic carbocycles. The molecule has 0 aliphatic rings. The number of hydrogen-bond donors (Lipinski definition) is 1. The molecule has 1 amide bonds. The Morgan fingerprint density at radius 2 is 2.32 bits per heavy atom. The summed E-state index contributed by atoms with van der Waals surface area (Å²) in [6.45, 7) is 0. The number of nitrogens with zero attached hydrogens (tertiary/aromatic N) is 4. The van der Waals surface area contributed by atoms with Crippen LogP contribution in [0, 0.1) is 0 Å². The van der Waals surface area contributed by atoms with Crippen LogP contribution >= 0.6 is 43.6 Å². The van der Waals surface area contributed by atoms with Gasteiger partial charge in [-0.25, -0.2) is 4.98 Å². The van der Waals surface area contributed by atoms with Crippen molar-refractivity contribution in [3.63, 3.8) is 0 Å². The molecule has 100 valence electrons. The Morgan fingerprint density at radius 1 is 1.53 bits per heavy atom. The summed E-state index contributed by atoms with van der Waals surface area (Å²) in [7, 11) is 1.83. The average molecular weight is 407 g/mol. The maximum atomic E-state index is 11.8. The molecule has 0 bridgehead atoms. The second-order valence-corrected chi connectivity index (χ2v) is 6.26. The van der Waals surface area contributed by atoms with Gasteiger partial charge in [0.25, 0.3) is 0 Å². The minimum Gasteiger partial charge on any atom is -0.312 e. The largest absolute Gasteiger partial charge is 0.312 e. The van der Waals surface area contributed by atoms with Crippen molar-refractivity contribution in [1.29, 1.82) is 0 Å². The lowest BCUT2D eigenvalue weighted by Crippen LogP contribution is -2.15. The highest BCUT2D eigenvalue weighted by Gasteiger charge is 2.10. The van der Waals surface area contributed by atoms with Gasteiger partial charge in [0, 0.05) is 17.7 Å². The topological polar surface area (TPSA) is 72.7 Å². The normalized spacial score (nSPS) is 10.5. The van der Waals surface area contributed by atoms with Crippen LogP contribution in [0.4, 0.5) is 5.82 Å². The Morgan fingerprint density at radius 3 is 2.95 bits per heavy atom. The second kappa shape index (κ2) is 6.49. The third kappa shape index (κ3) is 4.02. The average Bonchev–Trinajstić information content (AvgIpc) is 2.76. The number of nitrogens with one attached hydrogen (secondary N) is 1. The third-order valence-electron chi connectivity index (χ3n) is 2.07. The standard InChI is InChI=1S/C10H9Br2N5OS/c1-17-5-14-16-10(17)19-4-8(18)15-9-7(12)2-6(11)3-13-9/h2-3,5H,4H2,1H3,(H,13,15,18). The van der Waals surface area contributed by atoms with Gasteiger partial charge in [0.2, 0.25) is 5.91 Å². The number of pyridine rings is 1. The highest BCUT2D eigenvalue weighted by Crippen LogP contribution is 2.23. The van der Waals surface area contributed by atoms with Gasteiger partial charge in [0.15, 0.2) is 5.16 Å². The van der Waals surface area contributed by atoms with Crippen molar-refractivity contribution in [3.8, 4) is 0 Å². The molecular formula is C10H9Br2N5OS. The number of thioether (sulfide) groups is 1. The van der Waals surface area contributed by atoms with Crippen LogP contribution in [0.1, 0.15) is 0 Å². The summed E-state index contributed by atoms with van der Waals surface area (Å²) >= 11 is 7.95. The zero-order valence-corrected chi connectivity index (χ0v) is 13.8. The van der Waals surface area contributed by atoms with E-state index >= 15 is 0 Å². The lowest BCUT2D eigenvalue weighted by molar-refractivity contribution is -0.113. The summed E-state index contributed by atoms with van der Waals surface area (Å²) in [6, 6.07) is 1.82. The number of carbonyl (C=O) groups excluding carboxylic acids is 1. The quantitative estimate of drug-likeness (QED) is 0.789. The SMILES string of the molecule is Cn1cnnc1SCC(=O)Nc1ncc(Br)cc1Br. The molecule has 2 aromatic heterocycles. The van der Waals surface area contributed by atoms with Crippen molar-refractivity contribution < 1.29 is 4.79 Å². The van der Waals surface area contributed by atoms with Crippen molar-refractivity contribution in [1.82, 2.24) is 19.7 Å². The molecular weight excluding hydrogens is 398 g/mol. The molecule has 6 nitrogen and oxygen atoms in total. The van der Waals surface area contributed by atoms with E-state index in [9.17, 15) is 4.79 Å². The van der Waals surface area contributed by atoms with Gasteiger partial charge >= 0.3 is 0 Å². The van der Waals surface area contributed by atoms with E-state index in [1.165, 1.54) is 11.8 Å². The first-order valence-corrected chi connectivity index (χ1v) is 7.71. The first kappa shape index (κ1) is 14.5. The van der Waals surface area contributed by atoms with Crippen molar-refractivity contribution in [2.45, 2.75) is 5.16 Å². The smallest absolute Gasteiger partial charge is 0.236 e. The van der Waals surface area contributed by atoms with E-state index in [-0.39, 0.29) is 11.7 Å². The summed E-state index contributed by atoms with van der Waals surface area (Å²) in [5.74, 6) is 0.590. The number of anilines is 1. The van der Waals surface area contributed by atoms with Crippen LogP contribution < -0.4 is 5.32 Å². The number of aryl methyl sites for hydroxylation is 1. The van der Waals surface area contributed by atoms with Gasteiger partial charge < -0.3 is 9.88 Å². The number of halogens is 2. The molecule has 2 heterocycles. The minimum absolute atomic E-state index is 0.150. The summed E-state index contributed by atoms with van der Waals surface area (Å²) in [6.07, 6.45) is 3.21. The van der Waals surface area contributed by atoms with E-state index < -0.39 is 0 Å². The van der Waals surface area contributed by atoms with Gasteiger partial charge in [0.05, 0.1) is 10.2 Å². The maximum absolute atomic E-state index is 11.8. The Bertz CT molecular complexity index is 603. The van der Waals surface area contributed by atoms with Crippen molar-refractivity contribution >= 4 is 55.3 Å². The molecule has 9 heteroatoms. The van der Waals surface area contributed by atoms with E-state index in [1.54, 1.807) is 17.1 Å². The van der Waals surface area contributed by atoms with Gasteiger partial charge in [-0.15, -0.1) is 10.2 Å². The lowest BCUT2D eigenvalue weighted by Gasteiger charge is -2.06. The molecule has 0 unspecified atom stereocenters. The Hall–Kier alpha value is -0.930. The van der Waals surface area contributed by atoms with Crippen LogP contribution in [0.2, 0.25) is 0 Å². The molecule has 19 heavy (non-hydrogen) atoms. The number of carbonyl (C=O) groups is 1. The Labute approximate surface area is 130 Å². The molecule has 2 rings (SSSR count). The predicted molar refractivity (Wildman–Crippen MR) is 80.0 cm³/mol. The van der Waals surface area contributed by atoms with Crippen LogP contribution in [-0.4, -0.2) is 31.4 Å². The number of rotatable bonds is 4. The molecule has 0 spiro atoms. The first-order chi connectivity index (χ1) is 9.06. The molecule has 0 aliphatic heterocycles. The van der Waals surface area contributed by atoms with Gasteiger partial charge in [-0.3, -0.25) is 4.79 Å². The van der Waals surface area contributed by atoms with E-state index in [2.05, 4.69) is 52.4 Å². The fraction of sp³-hybridized carbons (Fsp3) is 0.200. The van der Waals surface area contributed by atoms with E-state index in [4.69, 9.17) is 0 Å². The molecule has 2 aromatic rings. The van der Waals surface area contributed by atoms with Crippen molar-refractivity contribution in [2.75, 3.05) is 11.1 Å². The van der Waals surface area contributed by atoms with Crippen LogP contribution in [0.25, 0.3) is 0 Å². The van der Waals surface area contributed by atoms with E-state index in [0.29, 0.717) is 11.0 Å². The number of amides is 1. The first-order valence-electron chi connectivity index (χ1n) is 5.14. The highest BCUT2D eigenvalue weighted by atomic mass is 79.9. The lowest BCUT2D eigenvalue weighted by atomic mass is 10.4. The van der Waals surface area contributed by atoms with Crippen LogP contribution in [0.5, 0.6) is 0 Å². The van der Waals surface area contributed by atoms with Gasteiger partial charge in [-0.1, -0.05) is 11.8 Å².